The third-order valence-electron chi connectivity index (χ3n) is 5.33. The van der Waals surface area contributed by atoms with E-state index >= 15 is 0 Å². The number of ether oxygens (including phenoxy) is 3. The third kappa shape index (κ3) is 11.4. The maximum atomic E-state index is 11.9. The topological polar surface area (TPSA) is 110 Å². The zero-order valence-corrected chi connectivity index (χ0v) is 19.6. The van der Waals surface area contributed by atoms with Crippen LogP contribution in [0.4, 0.5) is 4.79 Å². The van der Waals surface area contributed by atoms with Gasteiger partial charge in [0.1, 0.15) is 0 Å². The Bertz CT molecular complexity index is 514. The van der Waals surface area contributed by atoms with Gasteiger partial charge in [-0.3, -0.25) is 4.79 Å². The second-order valence-electron chi connectivity index (χ2n) is 7.87. The number of thioether (sulfide) groups is 1. The van der Waals surface area contributed by atoms with Gasteiger partial charge in [0.15, 0.2) is 0 Å². The average molecular weight is 461 g/mol. The minimum absolute atomic E-state index is 0.0444. The Kier molecular flexibility index (Phi) is 14.0. The lowest BCUT2D eigenvalue weighted by molar-refractivity contribution is -0.121. The Balaban J connectivity index is 1.30. The fraction of sp³-hybridized carbons (Fsp3) is 0.905. The van der Waals surface area contributed by atoms with Crippen molar-refractivity contribution in [2.45, 2.75) is 55.9 Å². The highest BCUT2D eigenvalue weighted by Gasteiger charge is 2.42. The quantitative estimate of drug-likeness (QED) is 0.167. The van der Waals surface area contributed by atoms with Crippen LogP contribution < -0.4 is 21.3 Å². The van der Waals surface area contributed by atoms with Gasteiger partial charge in [0.25, 0.3) is 0 Å². The van der Waals surface area contributed by atoms with E-state index < -0.39 is 0 Å². The Morgan fingerprint density at radius 2 is 1.65 bits per heavy atom. The number of carbonyl (C=O) groups excluding carboxylic acids is 2. The highest BCUT2D eigenvalue weighted by atomic mass is 32.2. The fourth-order valence-corrected chi connectivity index (χ4v) is 5.20. The Morgan fingerprint density at radius 3 is 2.35 bits per heavy atom. The summed E-state index contributed by atoms with van der Waals surface area (Å²) >= 11 is 1.92. The van der Waals surface area contributed by atoms with E-state index in [0.29, 0.717) is 51.2 Å². The molecule has 0 aromatic heterocycles. The molecule has 3 unspecified atom stereocenters. The van der Waals surface area contributed by atoms with Crippen molar-refractivity contribution in [3.8, 4) is 0 Å². The number of fused-ring (bicyclic) bond motifs is 1. The molecule has 0 aromatic carbocycles. The molecule has 180 valence electrons. The smallest absolute Gasteiger partial charge is 0.315 e. The first-order valence-electron chi connectivity index (χ1n) is 11.5. The first-order chi connectivity index (χ1) is 15.2. The van der Waals surface area contributed by atoms with Crippen LogP contribution in [0.15, 0.2) is 0 Å². The second-order valence-corrected chi connectivity index (χ2v) is 9.14. The molecule has 2 heterocycles. The van der Waals surface area contributed by atoms with Crippen LogP contribution >= 0.6 is 11.8 Å². The van der Waals surface area contributed by atoms with Gasteiger partial charge in [-0.25, -0.2) is 4.79 Å². The van der Waals surface area contributed by atoms with Crippen LogP contribution in [-0.2, 0) is 19.0 Å². The van der Waals surface area contributed by atoms with Crippen LogP contribution in [0.3, 0.4) is 0 Å². The molecule has 2 aliphatic rings. The molecule has 0 spiro atoms. The first kappa shape index (κ1) is 26.2. The zero-order chi connectivity index (χ0) is 22.2. The number of rotatable bonds is 19. The highest BCUT2D eigenvalue weighted by molar-refractivity contribution is 8.00. The van der Waals surface area contributed by atoms with Crippen molar-refractivity contribution in [2.75, 3.05) is 65.5 Å². The first-order valence-corrected chi connectivity index (χ1v) is 12.6. The number of urea groups is 1. The Labute approximate surface area is 190 Å². The molecule has 9 nitrogen and oxygen atoms in total. The minimum atomic E-state index is -0.0444. The van der Waals surface area contributed by atoms with E-state index in [9.17, 15) is 9.59 Å². The van der Waals surface area contributed by atoms with Gasteiger partial charge in [-0.15, -0.1) is 0 Å². The largest absolute Gasteiger partial charge is 0.379 e. The summed E-state index contributed by atoms with van der Waals surface area (Å²) < 4.78 is 16.4. The molecule has 0 aliphatic carbocycles. The minimum Gasteiger partial charge on any atom is -0.379 e. The summed E-state index contributed by atoms with van der Waals surface area (Å²) in [6, 6.07) is 0.474. The number of nitrogens with one attached hydrogen (secondary N) is 4. The molecule has 2 rings (SSSR count). The number of unbranched alkanes of at least 4 members (excludes halogenated alkanes) is 1. The summed E-state index contributed by atoms with van der Waals surface area (Å²) in [6.07, 6.45) is 5.30. The van der Waals surface area contributed by atoms with Gasteiger partial charge < -0.3 is 35.5 Å². The van der Waals surface area contributed by atoms with E-state index in [4.69, 9.17) is 14.2 Å². The summed E-state index contributed by atoms with van der Waals surface area (Å²) in [7, 11) is 1.93. The van der Waals surface area contributed by atoms with Crippen LogP contribution in [0, 0.1) is 0 Å². The predicted molar refractivity (Wildman–Crippen MR) is 123 cm³/mol. The fourth-order valence-electron chi connectivity index (χ4n) is 3.66. The second kappa shape index (κ2) is 16.5. The Morgan fingerprint density at radius 1 is 0.968 bits per heavy atom. The van der Waals surface area contributed by atoms with Crippen molar-refractivity contribution in [1.29, 1.82) is 0 Å². The van der Waals surface area contributed by atoms with Gasteiger partial charge in [0.2, 0.25) is 5.91 Å². The van der Waals surface area contributed by atoms with Gasteiger partial charge in [0, 0.05) is 37.2 Å². The van der Waals surface area contributed by atoms with E-state index in [-0.39, 0.29) is 24.0 Å². The lowest BCUT2D eigenvalue weighted by Crippen LogP contribution is -2.36. The van der Waals surface area contributed by atoms with Gasteiger partial charge in [-0.2, -0.15) is 11.8 Å². The van der Waals surface area contributed by atoms with Crippen molar-refractivity contribution < 1.29 is 23.8 Å². The van der Waals surface area contributed by atoms with Crippen LogP contribution in [0.5, 0.6) is 0 Å². The van der Waals surface area contributed by atoms with Gasteiger partial charge in [-0.1, -0.05) is 6.42 Å². The number of amides is 3. The molecule has 2 aliphatic heterocycles. The molecule has 3 atom stereocenters. The van der Waals surface area contributed by atoms with Gasteiger partial charge >= 0.3 is 6.03 Å². The molecular weight excluding hydrogens is 420 g/mol. The SMILES string of the molecule is CNCCCOCCOCCOCCCNC(=O)CCCCC1SCC2NC(=O)NC21. The van der Waals surface area contributed by atoms with E-state index in [1.165, 1.54) is 0 Å². The van der Waals surface area contributed by atoms with E-state index in [1.807, 2.05) is 18.8 Å². The number of hydrogen-bond acceptors (Lipinski definition) is 7. The summed E-state index contributed by atoms with van der Waals surface area (Å²) in [4.78, 5) is 23.3. The summed E-state index contributed by atoms with van der Waals surface area (Å²) in [5.74, 6) is 1.08. The monoisotopic (exact) mass is 460 g/mol. The van der Waals surface area contributed by atoms with Crippen molar-refractivity contribution in [3.05, 3.63) is 0 Å². The average Bonchev–Trinajstić information content (AvgIpc) is 3.30. The number of carbonyl (C=O) groups is 2. The van der Waals surface area contributed by atoms with Crippen LogP contribution in [0.2, 0.25) is 0 Å². The lowest BCUT2D eigenvalue weighted by atomic mass is 10.0. The van der Waals surface area contributed by atoms with Crippen molar-refractivity contribution >= 4 is 23.7 Å². The number of hydrogen-bond donors (Lipinski definition) is 4. The third-order valence-corrected chi connectivity index (χ3v) is 6.84. The molecular formula is C21H40N4O5S. The molecule has 3 amide bonds. The normalized spacial score (nSPS) is 22.2. The molecule has 31 heavy (non-hydrogen) atoms. The molecule has 2 saturated heterocycles. The lowest BCUT2D eigenvalue weighted by Gasteiger charge is -2.16. The van der Waals surface area contributed by atoms with Crippen LogP contribution in [0.25, 0.3) is 0 Å². The molecule has 4 N–H and O–H groups in total. The van der Waals surface area contributed by atoms with Crippen molar-refractivity contribution in [1.82, 2.24) is 21.3 Å². The van der Waals surface area contributed by atoms with E-state index in [0.717, 1.165) is 51.0 Å². The highest BCUT2D eigenvalue weighted by Crippen LogP contribution is 2.33. The van der Waals surface area contributed by atoms with E-state index in [2.05, 4.69) is 21.3 Å². The van der Waals surface area contributed by atoms with Crippen molar-refractivity contribution in [2.24, 2.45) is 0 Å². The zero-order valence-electron chi connectivity index (χ0n) is 18.8. The summed E-state index contributed by atoms with van der Waals surface area (Å²) in [5.41, 5.74) is 0. The molecule has 2 fully saturated rings. The van der Waals surface area contributed by atoms with Crippen LogP contribution in [0.1, 0.15) is 38.5 Å². The van der Waals surface area contributed by atoms with Crippen LogP contribution in [-0.4, -0.2) is 94.8 Å². The molecule has 0 aromatic rings. The molecule has 0 radical (unpaired) electrons. The summed E-state index contributed by atoms with van der Waals surface area (Å²) in [6.45, 7) is 5.30. The Hall–Kier alpha value is -1.07. The molecule has 10 heteroatoms. The molecule has 0 bridgehead atoms. The standard InChI is InChI=1S/C21H40N4O5S/c1-22-8-4-10-28-12-14-30-15-13-29-11-5-9-23-19(26)7-3-2-6-18-20-17(16-31-18)24-21(27)25-20/h17-18,20,22H,2-16H2,1H3,(H,23,26)(H2,24,25,27). The molecule has 0 saturated carbocycles. The van der Waals surface area contributed by atoms with E-state index in [1.54, 1.807) is 0 Å². The predicted octanol–water partition coefficient (Wildman–Crippen LogP) is 0.878. The van der Waals surface area contributed by atoms with Crippen molar-refractivity contribution in [3.63, 3.8) is 0 Å². The maximum absolute atomic E-state index is 11.9. The van der Waals surface area contributed by atoms with Gasteiger partial charge in [0.05, 0.1) is 38.5 Å². The van der Waals surface area contributed by atoms with Gasteiger partial charge in [-0.05, 0) is 39.3 Å². The summed E-state index contributed by atoms with van der Waals surface area (Å²) in [5, 5.41) is 12.5. The maximum Gasteiger partial charge on any atom is 0.315 e.